The molecule has 1 N–H and O–H groups in total. The van der Waals surface area contributed by atoms with E-state index in [-0.39, 0.29) is 0 Å². The van der Waals surface area contributed by atoms with Gasteiger partial charge in [0.25, 0.3) is 0 Å². The van der Waals surface area contributed by atoms with E-state index in [4.69, 9.17) is 0 Å². The fourth-order valence-corrected chi connectivity index (χ4v) is 3.75. The lowest BCUT2D eigenvalue weighted by Gasteiger charge is -2.10. The van der Waals surface area contributed by atoms with Crippen molar-refractivity contribution in [3.8, 4) is 0 Å². The first-order valence-corrected chi connectivity index (χ1v) is 7.49. The second-order valence-corrected chi connectivity index (χ2v) is 6.52. The Morgan fingerprint density at radius 3 is 3.00 bits per heavy atom. The molecule has 1 fully saturated rings. The highest BCUT2D eigenvalue weighted by atomic mass is 32.2. The quantitative estimate of drug-likeness (QED) is 0.868. The third-order valence-corrected chi connectivity index (χ3v) is 4.93. The van der Waals surface area contributed by atoms with Gasteiger partial charge in [0.15, 0.2) is 9.84 Å². The molecule has 0 amide bonds. The first-order chi connectivity index (χ1) is 8.15. The van der Waals surface area contributed by atoms with E-state index in [1.54, 1.807) is 12.1 Å². The molecule has 1 atom stereocenters. The van der Waals surface area contributed by atoms with Crippen molar-refractivity contribution in [3.63, 3.8) is 0 Å². The Kier molecular flexibility index (Phi) is 2.56. The third-order valence-electron chi connectivity index (χ3n) is 3.45. The maximum absolute atomic E-state index is 11.6. The summed E-state index contributed by atoms with van der Waals surface area (Å²) in [6, 6.07) is 6.21. The molecule has 1 aromatic carbocycles. The first-order valence-electron chi connectivity index (χ1n) is 5.95. The van der Waals surface area contributed by atoms with Gasteiger partial charge in [-0.1, -0.05) is 12.1 Å². The first kappa shape index (κ1) is 11.0. The molecule has 90 valence electrons. The van der Waals surface area contributed by atoms with Crippen LogP contribution in [0.25, 0.3) is 6.08 Å². The minimum Gasteiger partial charge on any atom is -0.314 e. The van der Waals surface area contributed by atoms with E-state index in [2.05, 4.69) is 5.32 Å². The zero-order valence-corrected chi connectivity index (χ0v) is 10.3. The van der Waals surface area contributed by atoms with Gasteiger partial charge in [0, 0.05) is 11.4 Å². The fourth-order valence-electron chi connectivity index (χ4n) is 2.57. The van der Waals surface area contributed by atoms with Crippen molar-refractivity contribution in [2.75, 3.05) is 6.54 Å². The summed E-state index contributed by atoms with van der Waals surface area (Å²) >= 11 is 0. The normalized spacial score (nSPS) is 25.1. The molecule has 0 saturated carbocycles. The molecule has 0 aromatic heterocycles. The second kappa shape index (κ2) is 3.96. The van der Waals surface area contributed by atoms with E-state index < -0.39 is 9.84 Å². The van der Waals surface area contributed by atoms with Gasteiger partial charge in [0.2, 0.25) is 0 Å². The molecule has 0 radical (unpaired) electrons. The summed E-state index contributed by atoms with van der Waals surface area (Å²) in [6.07, 6.45) is 5.13. The van der Waals surface area contributed by atoms with Crippen LogP contribution in [0.15, 0.2) is 28.5 Å². The molecule has 2 aliphatic rings. The van der Waals surface area contributed by atoms with Gasteiger partial charge in [-0.05, 0) is 49.1 Å². The number of benzene rings is 1. The maximum atomic E-state index is 11.6. The fraction of sp³-hybridized carbons (Fsp3) is 0.385. The van der Waals surface area contributed by atoms with Crippen molar-refractivity contribution in [3.05, 3.63) is 34.7 Å². The standard InChI is InChI=1S/C13H15NO2S/c15-17(16)7-5-11-8-10(3-4-13(11)17)9-12-2-1-6-14-12/h3-5,7-8,12,14H,1-2,6,9H2. The third kappa shape index (κ3) is 2.03. The molecule has 0 aliphatic carbocycles. The van der Waals surface area contributed by atoms with Crippen LogP contribution < -0.4 is 5.32 Å². The summed E-state index contributed by atoms with van der Waals surface area (Å²) in [4.78, 5) is 0.445. The van der Waals surface area contributed by atoms with Crippen LogP contribution in [0.1, 0.15) is 24.0 Å². The van der Waals surface area contributed by atoms with Crippen molar-refractivity contribution in [2.24, 2.45) is 0 Å². The minimum atomic E-state index is -3.15. The van der Waals surface area contributed by atoms with Crippen LogP contribution in [-0.4, -0.2) is 21.0 Å². The maximum Gasteiger partial charge on any atom is 0.200 e. The lowest BCUT2D eigenvalue weighted by atomic mass is 10.0. The smallest absolute Gasteiger partial charge is 0.200 e. The molecule has 2 aliphatic heterocycles. The highest BCUT2D eigenvalue weighted by Gasteiger charge is 2.21. The molecule has 3 nitrogen and oxygen atoms in total. The van der Waals surface area contributed by atoms with Crippen molar-refractivity contribution in [2.45, 2.75) is 30.2 Å². The average molecular weight is 249 g/mol. The van der Waals surface area contributed by atoms with Crippen LogP contribution in [0.5, 0.6) is 0 Å². The van der Waals surface area contributed by atoms with Gasteiger partial charge in [-0.3, -0.25) is 0 Å². The summed E-state index contributed by atoms with van der Waals surface area (Å²) in [7, 11) is -3.15. The van der Waals surface area contributed by atoms with Crippen LogP contribution in [0.3, 0.4) is 0 Å². The number of sulfone groups is 1. The Balaban J connectivity index is 1.87. The number of fused-ring (bicyclic) bond motifs is 1. The molecule has 17 heavy (non-hydrogen) atoms. The van der Waals surface area contributed by atoms with Gasteiger partial charge < -0.3 is 5.32 Å². The molecule has 1 aromatic rings. The molecule has 0 spiro atoms. The zero-order chi connectivity index (χ0) is 11.9. The highest BCUT2D eigenvalue weighted by Crippen LogP contribution is 2.28. The van der Waals surface area contributed by atoms with Crippen LogP contribution in [-0.2, 0) is 16.3 Å². The number of hydrogen-bond donors (Lipinski definition) is 1. The van der Waals surface area contributed by atoms with Crippen molar-refractivity contribution in [1.29, 1.82) is 0 Å². The van der Waals surface area contributed by atoms with Crippen molar-refractivity contribution < 1.29 is 8.42 Å². The summed E-state index contributed by atoms with van der Waals surface area (Å²) in [5.74, 6) is 0. The predicted octanol–water partition coefficient (Wildman–Crippen LogP) is 1.74. The van der Waals surface area contributed by atoms with Gasteiger partial charge in [0.1, 0.15) is 0 Å². The molecule has 4 heteroatoms. The second-order valence-electron chi connectivity index (χ2n) is 4.72. The number of rotatable bonds is 2. The van der Waals surface area contributed by atoms with Crippen LogP contribution in [0.2, 0.25) is 0 Å². The summed E-state index contributed by atoms with van der Waals surface area (Å²) < 4.78 is 23.2. The van der Waals surface area contributed by atoms with Gasteiger partial charge in [-0.2, -0.15) is 0 Å². The van der Waals surface area contributed by atoms with E-state index in [1.165, 1.54) is 23.8 Å². The Morgan fingerprint density at radius 2 is 2.24 bits per heavy atom. The lowest BCUT2D eigenvalue weighted by molar-refractivity contribution is 0.601. The Labute approximate surface area is 101 Å². The largest absolute Gasteiger partial charge is 0.314 e. The van der Waals surface area contributed by atoms with E-state index in [0.29, 0.717) is 10.9 Å². The minimum absolute atomic E-state index is 0.445. The Morgan fingerprint density at radius 1 is 1.35 bits per heavy atom. The number of hydrogen-bond acceptors (Lipinski definition) is 3. The van der Waals surface area contributed by atoms with E-state index in [1.807, 2.05) is 12.1 Å². The zero-order valence-electron chi connectivity index (χ0n) is 9.52. The van der Waals surface area contributed by atoms with E-state index in [0.717, 1.165) is 18.5 Å². The lowest BCUT2D eigenvalue weighted by Crippen LogP contribution is -2.23. The predicted molar refractivity (Wildman–Crippen MR) is 67.4 cm³/mol. The van der Waals surface area contributed by atoms with E-state index in [9.17, 15) is 8.42 Å². The molecule has 1 saturated heterocycles. The van der Waals surface area contributed by atoms with E-state index >= 15 is 0 Å². The Bertz CT molecular complexity index is 569. The van der Waals surface area contributed by atoms with Crippen LogP contribution in [0.4, 0.5) is 0 Å². The molecule has 1 unspecified atom stereocenters. The summed E-state index contributed by atoms with van der Waals surface area (Å²) in [5, 5.41) is 4.74. The molecule has 3 rings (SSSR count). The van der Waals surface area contributed by atoms with Gasteiger partial charge in [0.05, 0.1) is 4.90 Å². The van der Waals surface area contributed by atoms with Gasteiger partial charge in [-0.15, -0.1) is 0 Å². The van der Waals surface area contributed by atoms with Gasteiger partial charge >= 0.3 is 0 Å². The summed E-state index contributed by atoms with van der Waals surface area (Å²) in [5.41, 5.74) is 2.05. The van der Waals surface area contributed by atoms with Crippen LogP contribution >= 0.6 is 0 Å². The van der Waals surface area contributed by atoms with Crippen LogP contribution in [0, 0.1) is 0 Å². The highest BCUT2D eigenvalue weighted by molar-refractivity contribution is 7.94. The molecular formula is C13H15NO2S. The molecule has 2 heterocycles. The topological polar surface area (TPSA) is 46.2 Å². The Hall–Kier alpha value is -1.13. The molecule has 0 bridgehead atoms. The van der Waals surface area contributed by atoms with Gasteiger partial charge in [-0.25, -0.2) is 8.42 Å². The summed E-state index contributed by atoms with van der Waals surface area (Å²) in [6.45, 7) is 1.10. The molecular weight excluding hydrogens is 234 g/mol. The van der Waals surface area contributed by atoms with Crippen molar-refractivity contribution in [1.82, 2.24) is 5.32 Å². The average Bonchev–Trinajstić information content (AvgIpc) is 2.88. The number of nitrogens with one attached hydrogen (secondary N) is 1. The van der Waals surface area contributed by atoms with Crippen molar-refractivity contribution >= 4 is 15.9 Å². The SMILES string of the molecule is O=S1(=O)C=Cc2cc(CC3CCCN3)ccc21. The monoisotopic (exact) mass is 249 g/mol.